The lowest BCUT2D eigenvalue weighted by Gasteiger charge is -2.03. The van der Waals surface area contributed by atoms with E-state index in [1.54, 1.807) is 0 Å². The minimum atomic E-state index is -0.204. The molecule has 0 aliphatic carbocycles. The number of rotatable bonds is 6. The van der Waals surface area contributed by atoms with E-state index < -0.39 is 0 Å². The first-order chi connectivity index (χ1) is 13.0. The van der Waals surface area contributed by atoms with Gasteiger partial charge in [0, 0.05) is 24.6 Å². The Morgan fingerprint density at radius 2 is 1.74 bits per heavy atom. The van der Waals surface area contributed by atoms with Crippen molar-refractivity contribution in [3.63, 3.8) is 0 Å². The van der Waals surface area contributed by atoms with Crippen LogP contribution in [-0.4, -0.2) is 28.7 Å². The van der Waals surface area contributed by atoms with Gasteiger partial charge in [-0.15, -0.1) is 0 Å². The molecule has 0 spiro atoms. The highest BCUT2D eigenvalue weighted by Gasteiger charge is 2.10. The van der Waals surface area contributed by atoms with Gasteiger partial charge >= 0.3 is 5.97 Å². The second-order valence-corrected chi connectivity index (χ2v) is 6.30. The van der Waals surface area contributed by atoms with Crippen LogP contribution in [0.1, 0.15) is 17.5 Å². The van der Waals surface area contributed by atoms with E-state index in [2.05, 4.69) is 9.84 Å². The molecule has 3 aromatic rings. The van der Waals surface area contributed by atoms with Crippen molar-refractivity contribution < 1.29 is 9.53 Å². The Morgan fingerprint density at radius 1 is 1.11 bits per heavy atom. The largest absolute Gasteiger partial charge is 0.469 e. The zero-order valence-electron chi connectivity index (χ0n) is 15.4. The minimum Gasteiger partial charge on any atom is -0.469 e. The number of nitrogens with one attached hydrogen (secondary N) is 1. The van der Waals surface area contributed by atoms with Crippen molar-refractivity contribution in [1.82, 2.24) is 9.78 Å². The van der Waals surface area contributed by atoms with E-state index in [4.69, 9.17) is 11.1 Å². The predicted molar refractivity (Wildman–Crippen MR) is 105 cm³/mol. The zero-order valence-corrected chi connectivity index (χ0v) is 15.4. The van der Waals surface area contributed by atoms with Crippen LogP contribution in [0.3, 0.4) is 0 Å². The molecule has 0 unspecified atom stereocenters. The second kappa shape index (κ2) is 7.86. The number of aryl methyl sites for hydroxylation is 2. The molecule has 0 radical (unpaired) electrons. The number of carbonyl (C=O) groups excluding carboxylic acids is 1. The third kappa shape index (κ3) is 4.23. The lowest BCUT2D eigenvalue weighted by Crippen LogP contribution is -2.10. The first-order valence-corrected chi connectivity index (χ1v) is 8.63. The number of methoxy groups -OCH3 is 1. The van der Waals surface area contributed by atoms with Crippen LogP contribution in [0, 0.1) is 5.41 Å². The van der Waals surface area contributed by atoms with E-state index in [1.807, 2.05) is 66.3 Å². The first-order valence-electron chi connectivity index (χ1n) is 8.63. The van der Waals surface area contributed by atoms with Crippen LogP contribution in [0.15, 0.2) is 54.6 Å². The standard InChI is InChI=1S/C21H22N4O2/c1-25-19(16-8-10-17(11-9-16)21(22)23)13-18(24-25)15-6-3-14(4-7-15)5-12-20(26)27-2/h3-4,6-11,13H,5,12H2,1-2H3,(H3,22,23). The van der Waals surface area contributed by atoms with Crippen LogP contribution < -0.4 is 5.73 Å². The molecule has 27 heavy (non-hydrogen) atoms. The van der Waals surface area contributed by atoms with Gasteiger partial charge < -0.3 is 10.5 Å². The quantitative estimate of drug-likeness (QED) is 0.400. The summed E-state index contributed by atoms with van der Waals surface area (Å²) in [5.74, 6) is -0.149. The highest BCUT2D eigenvalue weighted by Crippen LogP contribution is 2.26. The maximum atomic E-state index is 11.3. The van der Waals surface area contributed by atoms with Crippen molar-refractivity contribution in [3.05, 3.63) is 65.7 Å². The summed E-state index contributed by atoms with van der Waals surface area (Å²) in [5.41, 5.74) is 11.2. The molecule has 0 amide bonds. The van der Waals surface area contributed by atoms with E-state index in [0.717, 1.165) is 28.1 Å². The monoisotopic (exact) mass is 362 g/mol. The molecule has 138 valence electrons. The van der Waals surface area contributed by atoms with Crippen LogP contribution in [0.5, 0.6) is 0 Å². The Hall–Kier alpha value is -3.41. The zero-order chi connectivity index (χ0) is 19.4. The fraction of sp³-hybridized carbons (Fsp3) is 0.190. The smallest absolute Gasteiger partial charge is 0.305 e. The molecule has 0 fully saturated rings. The molecule has 2 aromatic carbocycles. The average molecular weight is 362 g/mol. The summed E-state index contributed by atoms with van der Waals surface area (Å²) in [6.07, 6.45) is 1.03. The van der Waals surface area contributed by atoms with E-state index in [1.165, 1.54) is 7.11 Å². The molecule has 3 N–H and O–H groups in total. The Labute approximate surface area is 158 Å². The molecule has 0 aliphatic heterocycles. The first kappa shape index (κ1) is 18.4. The summed E-state index contributed by atoms with van der Waals surface area (Å²) in [7, 11) is 3.31. The lowest BCUT2D eigenvalue weighted by atomic mass is 10.0. The number of ether oxygens (including phenoxy) is 1. The number of aromatic nitrogens is 2. The van der Waals surface area contributed by atoms with Gasteiger partial charge in [0.1, 0.15) is 5.84 Å². The van der Waals surface area contributed by atoms with Crippen molar-refractivity contribution in [2.45, 2.75) is 12.8 Å². The lowest BCUT2D eigenvalue weighted by molar-refractivity contribution is -0.140. The molecule has 6 heteroatoms. The van der Waals surface area contributed by atoms with Gasteiger partial charge in [0.2, 0.25) is 0 Å². The Bertz CT molecular complexity index is 957. The molecule has 0 aliphatic rings. The minimum absolute atomic E-state index is 0.0551. The van der Waals surface area contributed by atoms with Crippen molar-refractivity contribution in [2.24, 2.45) is 12.8 Å². The summed E-state index contributed by atoms with van der Waals surface area (Å²) in [4.78, 5) is 11.3. The maximum absolute atomic E-state index is 11.3. The number of carbonyl (C=O) groups is 1. The molecule has 1 aromatic heterocycles. The van der Waals surface area contributed by atoms with Crippen LogP contribution in [0.2, 0.25) is 0 Å². The number of nitrogen functional groups attached to an aromatic ring is 1. The van der Waals surface area contributed by atoms with Gasteiger partial charge in [-0.3, -0.25) is 14.9 Å². The molecule has 0 saturated heterocycles. The van der Waals surface area contributed by atoms with Crippen molar-refractivity contribution >= 4 is 11.8 Å². The van der Waals surface area contributed by atoms with Gasteiger partial charge in [0.05, 0.1) is 18.5 Å². The maximum Gasteiger partial charge on any atom is 0.305 e. The van der Waals surface area contributed by atoms with E-state index in [0.29, 0.717) is 18.4 Å². The number of nitrogens with zero attached hydrogens (tertiary/aromatic N) is 2. The predicted octanol–water partition coefficient (Wildman–Crippen LogP) is 3.14. The Morgan fingerprint density at radius 3 is 2.33 bits per heavy atom. The van der Waals surface area contributed by atoms with Gasteiger partial charge in [-0.2, -0.15) is 5.10 Å². The fourth-order valence-corrected chi connectivity index (χ4v) is 2.89. The number of hydrogen-bond donors (Lipinski definition) is 2. The highest BCUT2D eigenvalue weighted by atomic mass is 16.5. The summed E-state index contributed by atoms with van der Waals surface area (Å²) < 4.78 is 6.51. The van der Waals surface area contributed by atoms with Gasteiger partial charge in [0.15, 0.2) is 0 Å². The van der Waals surface area contributed by atoms with Crippen LogP contribution in [0.4, 0.5) is 0 Å². The van der Waals surface area contributed by atoms with Crippen LogP contribution in [-0.2, 0) is 23.0 Å². The van der Waals surface area contributed by atoms with Gasteiger partial charge in [0.25, 0.3) is 0 Å². The molecular weight excluding hydrogens is 340 g/mol. The topological polar surface area (TPSA) is 94.0 Å². The second-order valence-electron chi connectivity index (χ2n) is 6.30. The fourth-order valence-electron chi connectivity index (χ4n) is 2.89. The molecule has 6 nitrogen and oxygen atoms in total. The average Bonchev–Trinajstić information content (AvgIpc) is 3.08. The molecule has 3 rings (SSSR count). The number of esters is 1. The van der Waals surface area contributed by atoms with Crippen LogP contribution in [0.25, 0.3) is 22.5 Å². The van der Waals surface area contributed by atoms with Crippen molar-refractivity contribution in [1.29, 1.82) is 5.41 Å². The molecular formula is C21H22N4O2. The van der Waals surface area contributed by atoms with Crippen LogP contribution >= 0.6 is 0 Å². The van der Waals surface area contributed by atoms with E-state index in [-0.39, 0.29) is 11.8 Å². The van der Waals surface area contributed by atoms with Crippen molar-refractivity contribution in [3.8, 4) is 22.5 Å². The van der Waals surface area contributed by atoms with Gasteiger partial charge in [-0.05, 0) is 23.6 Å². The SMILES string of the molecule is COC(=O)CCc1ccc(-c2cc(-c3ccc(C(=N)N)cc3)n(C)n2)cc1. The van der Waals surface area contributed by atoms with E-state index >= 15 is 0 Å². The molecule has 0 atom stereocenters. The normalized spacial score (nSPS) is 10.6. The third-order valence-corrected chi connectivity index (χ3v) is 4.47. The number of hydrogen-bond acceptors (Lipinski definition) is 4. The summed E-state index contributed by atoms with van der Waals surface area (Å²) in [5, 5.41) is 12.1. The van der Waals surface area contributed by atoms with Gasteiger partial charge in [-0.1, -0.05) is 48.5 Å². The Kier molecular flexibility index (Phi) is 5.35. The van der Waals surface area contributed by atoms with Crippen molar-refractivity contribution in [2.75, 3.05) is 7.11 Å². The third-order valence-electron chi connectivity index (χ3n) is 4.47. The highest BCUT2D eigenvalue weighted by molar-refractivity contribution is 5.95. The van der Waals surface area contributed by atoms with E-state index in [9.17, 15) is 4.79 Å². The summed E-state index contributed by atoms with van der Waals surface area (Å²) in [6, 6.07) is 17.6. The van der Waals surface area contributed by atoms with Gasteiger partial charge in [-0.25, -0.2) is 0 Å². The Balaban J connectivity index is 1.79. The number of amidine groups is 1. The summed E-state index contributed by atoms with van der Waals surface area (Å²) in [6.45, 7) is 0. The number of nitrogens with two attached hydrogens (primary N) is 1. The molecule has 0 saturated carbocycles. The summed E-state index contributed by atoms with van der Waals surface area (Å²) >= 11 is 0. The number of benzene rings is 2. The molecule has 0 bridgehead atoms. The molecule has 1 heterocycles.